The van der Waals surface area contributed by atoms with Crippen molar-refractivity contribution in [3.8, 4) is 5.88 Å². The van der Waals surface area contributed by atoms with Crippen molar-refractivity contribution in [2.75, 3.05) is 36.6 Å². The van der Waals surface area contributed by atoms with Gasteiger partial charge in [0.2, 0.25) is 11.8 Å². The Morgan fingerprint density at radius 1 is 1.37 bits per heavy atom. The Hall–Kier alpha value is -1.01. The summed E-state index contributed by atoms with van der Waals surface area (Å²) >= 11 is 1.81. The highest BCUT2D eigenvalue weighted by Gasteiger charge is 2.02. The summed E-state index contributed by atoms with van der Waals surface area (Å²) in [4.78, 5) is 8.64. The molecule has 0 aliphatic heterocycles. The number of rotatable bonds is 10. The van der Waals surface area contributed by atoms with E-state index in [0.717, 1.165) is 36.6 Å². The van der Waals surface area contributed by atoms with Gasteiger partial charge in [-0.1, -0.05) is 6.92 Å². The quantitative estimate of drug-likeness (QED) is 0.642. The van der Waals surface area contributed by atoms with Crippen molar-refractivity contribution in [2.45, 2.75) is 26.7 Å². The molecule has 0 amide bonds. The van der Waals surface area contributed by atoms with Crippen LogP contribution in [0.15, 0.2) is 6.07 Å². The topological polar surface area (TPSA) is 67.3 Å². The fraction of sp³-hybridized carbons (Fsp3) is 0.692. The van der Waals surface area contributed by atoms with E-state index in [4.69, 9.17) is 9.84 Å². The Bertz CT molecular complexity index is 364. The largest absolute Gasteiger partial charge is 0.478 e. The zero-order valence-electron chi connectivity index (χ0n) is 11.7. The number of hydrogen-bond donors (Lipinski definition) is 2. The number of aromatic nitrogens is 2. The first-order chi connectivity index (χ1) is 9.26. The molecule has 108 valence electrons. The average molecular weight is 285 g/mol. The predicted octanol–water partition coefficient (Wildman–Crippen LogP) is 2.10. The highest BCUT2D eigenvalue weighted by Crippen LogP contribution is 2.12. The lowest BCUT2D eigenvalue weighted by Gasteiger charge is -2.08. The molecule has 1 rings (SSSR count). The summed E-state index contributed by atoms with van der Waals surface area (Å²) in [6.45, 7) is 5.75. The summed E-state index contributed by atoms with van der Waals surface area (Å²) in [7, 11) is 0. The third-order valence-corrected chi connectivity index (χ3v) is 3.33. The molecule has 2 N–H and O–H groups in total. The molecule has 5 nitrogen and oxygen atoms in total. The molecule has 0 saturated carbocycles. The van der Waals surface area contributed by atoms with Crippen molar-refractivity contribution in [2.24, 2.45) is 0 Å². The molecule has 1 aromatic heterocycles. The molecule has 1 heterocycles. The van der Waals surface area contributed by atoms with Crippen LogP contribution in [-0.2, 0) is 0 Å². The van der Waals surface area contributed by atoms with Gasteiger partial charge >= 0.3 is 0 Å². The van der Waals surface area contributed by atoms with Gasteiger partial charge in [-0.05, 0) is 25.5 Å². The lowest BCUT2D eigenvalue weighted by Crippen LogP contribution is -2.09. The summed E-state index contributed by atoms with van der Waals surface area (Å²) in [6, 6.07) is 1.84. The Morgan fingerprint density at radius 2 is 2.21 bits per heavy atom. The summed E-state index contributed by atoms with van der Waals surface area (Å²) in [5.74, 6) is 3.21. The van der Waals surface area contributed by atoms with Gasteiger partial charge in [-0.15, -0.1) is 0 Å². The lowest BCUT2D eigenvalue weighted by molar-refractivity contribution is 0.296. The Morgan fingerprint density at radius 3 is 2.95 bits per heavy atom. The average Bonchev–Trinajstić information content (AvgIpc) is 2.40. The molecular formula is C13H23N3O2S. The van der Waals surface area contributed by atoms with Gasteiger partial charge in [0.25, 0.3) is 0 Å². The van der Waals surface area contributed by atoms with E-state index in [1.807, 2.05) is 24.8 Å². The molecule has 0 saturated heterocycles. The van der Waals surface area contributed by atoms with Crippen LogP contribution in [0.4, 0.5) is 5.95 Å². The molecule has 0 aliphatic rings. The molecular weight excluding hydrogens is 262 g/mol. The first-order valence-electron chi connectivity index (χ1n) is 6.67. The maximum absolute atomic E-state index is 8.67. The van der Waals surface area contributed by atoms with Crippen molar-refractivity contribution in [3.63, 3.8) is 0 Å². The van der Waals surface area contributed by atoms with Crippen molar-refractivity contribution >= 4 is 17.7 Å². The van der Waals surface area contributed by atoms with Crippen molar-refractivity contribution in [1.29, 1.82) is 0 Å². The second kappa shape index (κ2) is 9.86. The highest BCUT2D eigenvalue weighted by molar-refractivity contribution is 7.99. The van der Waals surface area contributed by atoms with E-state index in [-0.39, 0.29) is 6.61 Å². The van der Waals surface area contributed by atoms with Crippen molar-refractivity contribution in [1.82, 2.24) is 9.97 Å². The molecule has 0 spiro atoms. The molecule has 0 aliphatic carbocycles. The first-order valence-corrected chi connectivity index (χ1v) is 7.82. The molecule has 0 fully saturated rings. The summed E-state index contributed by atoms with van der Waals surface area (Å²) < 4.78 is 5.51. The standard InChI is InChI=1S/C13H23N3O2S/c1-3-7-18-12-10-11(2)15-13(16-12)14-5-9-19-8-4-6-17/h10,17H,3-9H2,1-2H3,(H,14,15,16). The maximum atomic E-state index is 8.67. The van der Waals surface area contributed by atoms with E-state index in [9.17, 15) is 0 Å². The lowest BCUT2D eigenvalue weighted by atomic mass is 10.4. The van der Waals surface area contributed by atoms with Gasteiger partial charge in [-0.2, -0.15) is 16.7 Å². The number of nitrogens with one attached hydrogen (secondary N) is 1. The monoisotopic (exact) mass is 285 g/mol. The van der Waals surface area contributed by atoms with Gasteiger partial charge in [0, 0.05) is 30.7 Å². The van der Waals surface area contributed by atoms with Gasteiger partial charge in [0.15, 0.2) is 0 Å². The molecule has 1 aromatic rings. The molecule has 0 atom stereocenters. The predicted molar refractivity (Wildman–Crippen MR) is 80.1 cm³/mol. The normalized spacial score (nSPS) is 10.5. The van der Waals surface area contributed by atoms with Gasteiger partial charge in [0.1, 0.15) is 0 Å². The summed E-state index contributed by atoms with van der Waals surface area (Å²) in [6.07, 6.45) is 1.81. The van der Waals surface area contributed by atoms with Crippen LogP contribution >= 0.6 is 11.8 Å². The van der Waals surface area contributed by atoms with E-state index in [0.29, 0.717) is 18.4 Å². The van der Waals surface area contributed by atoms with Crippen molar-refractivity contribution in [3.05, 3.63) is 11.8 Å². The van der Waals surface area contributed by atoms with Gasteiger partial charge < -0.3 is 15.2 Å². The van der Waals surface area contributed by atoms with E-state index in [1.54, 1.807) is 0 Å². The van der Waals surface area contributed by atoms with E-state index in [2.05, 4.69) is 22.2 Å². The number of thioether (sulfide) groups is 1. The second-order valence-electron chi connectivity index (χ2n) is 4.14. The number of aliphatic hydroxyl groups is 1. The highest BCUT2D eigenvalue weighted by atomic mass is 32.2. The smallest absolute Gasteiger partial charge is 0.226 e. The van der Waals surface area contributed by atoms with Crippen LogP contribution < -0.4 is 10.1 Å². The van der Waals surface area contributed by atoms with Crippen LogP contribution in [0.2, 0.25) is 0 Å². The van der Waals surface area contributed by atoms with Gasteiger partial charge in [-0.25, -0.2) is 4.98 Å². The Balaban J connectivity index is 2.34. The fourth-order valence-electron chi connectivity index (χ4n) is 1.40. The van der Waals surface area contributed by atoms with Crippen LogP contribution in [0, 0.1) is 6.92 Å². The fourth-order valence-corrected chi connectivity index (χ4v) is 2.19. The van der Waals surface area contributed by atoms with Gasteiger partial charge in [-0.3, -0.25) is 0 Å². The van der Waals surface area contributed by atoms with Gasteiger partial charge in [0.05, 0.1) is 6.61 Å². The molecule has 0 bridgehead atoms. The maximum Gasteiger partial charge on any atom is 0.226 e. The Labute approximate surface area is 119 Å². The number of aryl methyl sites for hydroxylation is 1. The van der Waals surface area contributed by atoms with Crippen LogP contribution in [0.25, 0.3) is 0 Å². The van der Waals surface area contributed by atoms with E-state index in [1.165, 1.54) is 0 Å². The Kier molecular flexibility index (Phi) is 8.33. The first kappa shape index (κ1) is 16.0. The number of aliphatic hydroxyl groups excluding tert-OH is 1. The minimum absolute atomic E-state index is 0.263. The number of anilines is 1. The number of nitrogens with zero attached hydrogens (tertiary/aromatic N) is 2. The van der Waals surface area contributed by atoms with Crippen molar-refractivity contribution < 1.29 is 9.84 Å². The summed E-state index contributed by atoms with van der Waals surface area (Å²) in [5, 5.41) is 11.9. The third kappa shape index (κ3) is 7.22. The minimum atomic E-state index is 0.263. The number of ether oxygens (including phenoxy) is 1. The van der Waals surface area contributed by atoms with Crippen LogP contribution in [0.1, 0.15) is 25.5 Å². The molecule has 0 radical (unpaired) electrons. The third-order valence-electron chi connectivity index (χ3n) is 2.26. The molecule has 0 aromatic carbocycles. The van der Waals surface area contributed by atoms with Crippen LogP contribution in [0.3, 0.4) is 0 Å². The summed E-state index contributed by atoms with van der Waals surface area (Å²) in [5.41, 5.74) is 0.900. The number of hydrogen-bond acceptors (Lipinski definition) is 6. The SMILES string of the molecule is CCCOc1cc(C)nc(NCCSCCCO)n1. The van der Waals surface area contributed by atoms with Crippen LogP contribution in [0.5, 0.6) is 5.88 Å². The minimum Gasteiger partial charge on any atom is -0.478 e. The molecule has 19 heavy (non-hydrogen) atoms. The molecule has 0 unspecified atom stereocenters. The van der Waals surface area contributed by atoms with E-state index >= 15 is 0 Å². The zero-order chi connectivity index (χ0) is 13.9. The molecule has 6 heteroatoms. The van der Waals surface area contributed by atoms with Crippen LogP contribution in [-0.4, -0.2) is 46.3 Å². The second-order valence-corrected chi connectivity index (χ2v) is 5.36. The zero-order valence-corrected chi connectivity index (χ0v) is 12.5. The van der Waals surface area contributed by atoms with E-state index < -0.39 is 0 Å².